The van der Waals surface area contributed by atoms with Crippen LogP contribution < -0.4 is 5.32 Å². The average molecular weight is 320 g/mol. The molecule has 1 fully saturated rings. The van der Waals surface area contributed by atoms with Gasteiger partial charge >= 0.3 is 6.03 Å². The summed E-state index contributed by atoms with van der Waals surface area (Å²) in [6.45, 7) is 5.49. The van der Waals surface area contributed by atoms with Crippen LogP contribution in [0.1, 0.15) is 25.3 Å². The maximum atomic E-state index is 12.2. The molecule has 2 atom stereocenters. The zero-order valence-corrected chi connectivity index (χ0v) is 13.9. The minimum atomic E-state index is -0.0296. The van der Waals surface area contributed by atoms with Crippen LogP contribution >= 0.6 is 0 Å². The minimum Gasteiger partial charge on any atom is -0.396 e. The van der Waals surface area contributed by atoms with E-state index in [1.54, 1.807) is 0 Å². The van der Waals surface area contributed by atoms with Gasteiger partial charge in [0, 0.05) is 26.2 Å². The van der Waals surface area contributed by atoms with E-state index >= 15 is 0 Å². The molecule has 1 saturated heterocycles. The van der Waals surface area contributed by atoms with Gasteiger partial charge in [0.05, 0.1) is 13.2 Å². The predicted molar refractivity (Wildman–Crippen MR) is 90.0 cm³/mol. The van der Waals surface area contributed by atoms with Crippen molar-refractivity contribution in [2.75, 3.05) is 32.8 Å². The number of carbonyl (C=O) groups excluding carboxylic acids is 1. The Kier molecular flexibility index (Phi) is 7.36. The molecule has 2 rings (SSSR count). The number of hydrogen-bond acceptors (Lipinski definition) is 3. The first-order chi connectivity index (χ1) is 11.2. The molecule has 1 aliphatic rings. The quantitative estimate of drug-likeness (QED) is 0.810. The molecule has 1 aromatic carbocycles. The van der Waals surface area contributed by atoms with E-state index in [1.165, 1.54) is 0 Å². The van der Waals surface area contributed by atoms with Crippen molar-refractivity contribution in [2.24, 2.45) is 11.8 Å². The predicted octanol–water partition coefficient (Wildman–Crippen LogP) is 2.25. The highest BCUT2D eigenvalue weighted by Crippen LogP contribution is 2.15. The van der Waals surface area contributed by atoms with E-state index in [1.807, 2.05) is 35.2 Å². The number of urea groups is 1. The minimum absolute atomic E-state index is 0.0296. The molecule has 2 amide bonds. The number of amides is 2. The van der Waals surface area contributed by atoms with Crippen LogP contribution in [0, 0.1) is 11.8 Å². The third kappa shape index (κ3) is 6.20. The van der Waals surface area contributed by atoms with Gasteiger partial charge in [0.2, 0.25) is 0 Å². The van der Waals surface area contributed by atoms with Crippen molar-refractivity contribution in [3.8, 4) is 0 Å². The number of benzene rings is 1. The summed E-state index contributed by atoms with van der Waals surface area (Å²) in [4.78, 5) is 14.0. The number of hydrogen-bond donors (Lipinski definition) is 2. The number of piperidine rings is 1. The number of likely N-dealkylation sites (tertiary alicyclic amines) is 1. The van der Waals surface area contributed by atoms with E-state index in [0.29, 0.717) is 26.3 Å². The molecular formula is C18H28N2O3. The van der Waals surface area contributed by atoms with Crippen LogP contribution in [0.2, 0.25) is 0 Å². The zero-order valence-electron chi connectivity index (χ0n) is 13.9. The van der Waals surface area contributed by atoms with Gasteiger partial charge in [-0.15, -0.1) is 0 Å². The fourth-order valence-corrected chi connectivity index (χ4v) is 2.78. The van der Waals surface area contributed by atoms with Gasteiger partial charge in [-0.3, -0.25) is 0 Å². The molecule has 0 bridgehead atoms. The maximum absolute atomic E-state index is 12.2. The summed E-state index contributed by atoms with van der Waals surface area (Å²) in [6.07, 6.45) is 1.97. The first kappa shape index (κ1) is 17.8. The maximum Gasteiger partial charge on any atom is 0.317 e. The highest BCUT2D eigenvalue weighted by atomic mass is 16.5. The first-order valence-electron chi connectivity index (χ1n) is 8.44. The number of ether oxygens (including phenoxy) is 1. The monoisotopic (exact) mass is 320 g/mol. The van der Waals surface area contributed by atoms with E-state index in [0.717, 1.165) is 24.9 Å². The smallest absolute Gasteiger partial charge is 0.317 e. The Bertz CT molecular complexity index is 467. The number of aliphatic hydroxyl groups is 1. The Morgan fingerprint density at radius 2 is 2.22 bits per heavy atom. The molecular weight excluding hydrogens is 292 g/mol. The Morgan fingerprint density at radius 3 is 2.96 bits per heavy atom. The number of carbonyl (C=O) groups is 1. The molecule has 5 heteroatoms. The largest absolute Gasteiger partial charge is 0.396 e. The van der Waals surface area contributed by atoms with E-state index in [9.17, 15) is 9.90 Å². The van der Waals surface area contributed by atoms with E-state index < -0.39 is 0 Å². The van der Waals surface area contributed by atoms with Crippen molar-refractivity contribution >= 4 is 6.03 Å². The van der Waals surface area contributed by atoms with Crippen LogP contribution in [0.4, 0.5) is 4.79 Å². The van der Waals surface area contributed by atoms with Gasteiger partial charge in [0.15, 0.2) is 0 Å². The molecule has 2 N–H and O–H groups in total. The standard InChI is InChI=1S/C18H28N2O3/c1-15(13-23-14-16-6-3-2-4-7-16)10-19-18(22)20-9-5-8-17(11-20)12-21/h2-4,6-7,15,17,21H,5,8-14H2,1H3,(H,19,22). The lowest BCUT2D eigenvalue weighted by Crippen LogP contribution is -2.47. The second kappa shape index (κ2) is 9.53. The lowest BCUT2D eigenvalue weighted by Gasteiger charge is -2.32. The lowest BCUT2D eigenvalue weighted by molar-refractivity contribution is 0.0905. The van der Waals surface area contributed by atoms with Gasteiger partial charge < -0.3 is 20.1 Å². The molecule has 23 heavy (non-hydrogen) atoms. The topological polar surface area (TPSA) is 61.8 Å². The Morgan fingerprint density at radius 1 is 1.43 bits per heavy atom. The van der Waals surface area contributed by atoms with Crippen molar-refractivity contribution < 1.29 is 14.6 Å². The van der Waals surface area contributed by atoms with Crippen molar-refractivity contribution in [1.29, 1.82) is 0 Å². The molecule has 1 heterocycles. The van der Waals surface area contributed by atoms with Crippen LogP contribution in [0.5, 0.6) is 0 Å². The van der Waals surface area contributed by atoms with E-state index in [2.05, 4.69) is 12.2 Å². The Balaban J connectivity index is 1.61. The number of nitrogens with one attached hydrogen (secondary N) is 1. The Labute approximate surface area is 138 Å². The zero-order chi connectivity index (χ0) is 16.5. The summed E-state index contributed by atoms with van der Waals surface area (Å²) in [5, 5.41) is 12.2. The molecule has 0 saturated carbocycles. The highest BCUT2D eigenvalue weighted by Gasteiger charge is 2.23. The fraction of sp³-hybridized carbons (Fsp3) is 0.611. The summed E-state index contributed by atoms with van der Waals surface area (Å²) >= 11 is 0. The van der Waals surface area contributed by atoms with Gasteiger partial charge in [-0.05, 0) is 30.2 Å². The van der Waals surface area contributed by atoms with Crippen molar-refractivity contribution in [1.82, 2.24) is 10.2 Å². The van der Waals surface area contributed by atoms with Crippen LogP contribution in [0.25, 0.3) is 0 Å². The van der Waals surface area contributed by atoms with Crippen LogP contribution in [-0.2, 0) is 11.3 Å². The van der Waals surface area contributed by atoms with Crippen LogP contribution in [0.3, 0.4) is 0 Å². The number of nitrogens with zero attached hydrogens (tertiary/aromatic N) is 1. The first-order valence-corrected chi connectivity index (χ1v) is 8.44. The van der Waals surface area contributed by atoms with Gasteiger partial charge in [-0.1, -0.05) is 37.3 Å². The summed E-state index contributed by atoms with van der Waals surface area (Å²) in [5.74, 6) is 0.488. The summed E-state index contributed by atoms with van der Waals surface area (Å²) in [6, 6.07) is 10.0. The van der Waals surface area contributed by atoms with E-state index in [4.69, 9.17) is 4.74 Å². The molecule has 5 nitrogen and oxygen atoms in total. The molecule has 1 aromatic rings. The molecule has 0 spiro atoms. The fourth-order valence-electron chi connectivity index (χ4n) is 2.78. The molecule has 1 aliphatic heterocycles. The second-order valence-corrected chi connectivity index (χ2v) is 6.43. The lowest BCUT2D eigenvalue weighted by atomic mass is 9.99. The third-order valence-electron chi connectivity index (χ3n) is 4.18. The van der Waals surface area contributed by atoms with Crippen molar-refractivity contribution in [2.45, 2.75) is 26.4 Å². The highest BCUT2D eigenvalue weighted by molar-refractivity contribution is 5.74. The van der Waals surface area contributed by atoms with Gasteiger partial charge in [0.25, 0.3) is 0 Å². The SMILES string of the molecule is CC(CNC(=O)N1CCCC(CO)C1)COCc1ccccc1. The van der Waals surface area contributed by atoms with Gasteiger partial charge in [0.1, 0.15) is 0 Å². The molecule has 0 aromatic heterocycles. The molecule has 0 radical (unpaired) electrons. The van der Waals surface area contributed by atoms with Crippen molar-refractivity contribution in [3.63, 3.8) is 0 Å². The average Bonchev–Trinajstić information content (AvgIpc) is 2.60. The summed E-state index contributed by atoms with van der Waals surface area (Å²) in [5.41, 5.74) is 1.16. The molecule has 128 valence electrons. The second-order valence-electron chi connectivity index (χ2n) is 6.43. The number of rotatable bonds is 7. The number of aliphatic hydroxyl groups excluding tert-OH is 1. The van der Waals surface area contributed by atoms with Crippen LogP contribution in [0.15, 0.2) is 30.3 Å². The van der Waals surface area contributed by atoms with Gasteiger partial charge in [-0.2, -0.15) is 0 Å². The normalized spacial score (nSPS) is 19.4. The third-order valence-corrected chi connectivity index (χ3v) is 4.18. The summed E-state index contributed by atoms with van der Waals surface area (Å²) < 4.78 is 5.70. The van der Waals surface area contributed by atoms with Crippen molar-refractivity contribution in [3.05, 3.63) is 35.9 Å². The summed E-state index contributed by atoms with van der Waals surface area (Å²) in [7, 11) is 0. The van der Waals surface area contributed by atoms with E-state index in [-0.39, 0.29) is 24.5 Å². The van der Waals surface area contributed by atoms with Crippen LogP contribution in [-0.4, -0.2) is 48.9 Å². The molecule has 2 unspecified atom stereocenters. The van der Waals surface area contributed by atoms with Gasteiger partial charge in [-0.25, -0.2) is 4.79 Å². The Hall–Kier alpha value is -1.59. The molecule has 0 aliphatic carbocycles.